The van der Waals surface area contributed by atoms with Crippen molar-refractivity contribution >= 4 is 22.3 Å². The van der Waals surface area contributed by atoms with Crippen LogP contribution in [0.3, 0.4) is 0 Å². The lowest BCUT2D eigenvalue weighted by Crippen LogP contribution is -2.23. The maximum absolute atomic E-state index is 4.71. The number of anilines is 1. The summed E-state index contributed by atoms with van der Waals surface area (Å²) in [6, 6.07) is 0.191. The van der Waals surface area contributed by atoms with Crippen LogP contribution in [0.2, 0.25) is 0 Å². The van der Waals surface area contributed by atoms with Crippen LogP contribution in [0.1, 0.15) is 46.4 Å². The molecule has 2 heterocycles. The standard InChI is InChI=1S/C17H22N4S.C2H6/c1-5-8-14(9-6-2)19-17-20-15(12-22-17)16-11-18-13(4)21(16)10-7-3;1-2/h5-10,12,16H,1,11H2,2-4H3,(H,19,20);1-2H3/b9-6-,10-7-,14-8+;. The van der Waals surface area contributed by atoms with Gasteiger partial charge in [-0.15, -0.1) is 11.3 Å². The van der Waals surface area contributed by atoms with Gasteiger partial charge >= 0.3 is 0 Å². The van der Waals surface area contributed by atoms with E-state index in [2.05, 4.69) is 33.4 Å². The second-order valence-electron chi connectivity index (χ2n) is 4.85. The molecule has 5 heteroatoms. The molecule has 0 spiro atoms. The van der Waals surface area contributed by atoms with Crippen molar-refractivity contribution in [1.29, 1.82) is 0 Å². The molecule has 0 amide bonds. The number of hydrogen-bond acceptors (Lipinski definition) is 5. The Morgan fingerprint density at radius 2 is 2.12 bits per heavy atom. The molecule has 0 radical (unpaired) electrons. The minimum atomic E-state index is 0.191. The SMILES string of the molecule is C=C/C=C(\C=C/C)Nc1nc(C2CN=C(C)N2/C=C\C)cs1.CC. The van der Waals surface area contributed by atoms with Gasteiger partial charge in [0.25, 0.3) is 0 Å². The van der Waals surface area contributed by atoms with E-state index in [0.29, 0.717) is 0 Å². The van der Waals surface area contributed by atoms with Crippen LogP contribution in [0.4, 0.5) is 5.13 Å². The third-order valence-corrected chi connectivity index (χ3v) is 4.05. The lowest BCUT2D eigenvalue weighted by atomic mass is 10.2. The average molecular weight is 345 g/mol. The van der Waals surface area contributed by atoms with Crippen LogP contribution < -0.4 is 5.32 Å². The topological polar surface area (TPSA) is 40.5 Å². The van der Waals surface area contributed by atoms with Gasteiger partial charge in [0.15, 0.2) is 5.13 Å². The Labute approximate surface area is 150 Å². The first-order valence-corrected chi connectivity index (χ1v) is 9.17. The summed E-state index contributed by atoms with van der Waals surface area (Å²) in [6.07, 6.45) is 11.8. The molecule has 24 heavy (non-hydrogen) atoms. The van der Waals surface area contributed by atoms with Crippen molar-refractivity contribution < 1.29 is 0 Å². The van der Waals surface area contributed by atoms with Crippen molar-refractivity contribution in [2.45, 2.75) is 40.7 Å². The van der Waals surface area contributed by atoms with E-state index in [9.17, 15) is 0 Å². The van der Waals surface area contributed by atoms with Crippen molar-refractivity contribution in [3.05, 3.63) is 59.9 Å². The van der Waals surface area contributed by atoms with Gasteiger partial charge in [-0.05, 0) is 32.9 Å². The molecule has 1 N–H and O–H groups in total. The summed E-state index contributed by atoms with van der Waals surface area (Å²) in [4.78, 5) is 11.4. The molecule has 1 aromatic heterocycles. The smallest absolute Gasteiger partial charge is 0.187 e. The van der Waals surface area contributed by atoms with Gasteiger partial charge in [-0.25, -0.2) is 4.98 Å². The number of aromatic nitrogens is 1. The van der Waals surface area contributed by atoms with Gasteiger partial charge in [0.05, 0.1) is 18.3 Å². The highest BCUT2D eigenvalue weighted by Crippen LogP contribution is 2.30. The Hall–Kier alpha value is -2.14. The largest absolute Gasteiger partial charge is 0.332 e. The number of rotatable bonds is 6. The van der Waals surface area contributed by atoms with Gasteiger partial charge in [-0.2, -0.15) is 0 Å². The van der Waals surface area contributed by atoms with Gasteiger partial charge < -0.3 is 10.2 Å². The van der Waals surface area contributed by atoms with E-state index in [-0.39, 0.29) is 6.04 Å². The van der Waals surface area contributed by atoms with Crippen LogP contribution in [0.25, 0.3) is 0 Å². The predicted octanol–water partition coefficient (Wildman–Crippen LogP) is 5.54. The van der Waals surface area contributed by atoms with Crippen LogP contribution in [0, 0.1) is 0 Å². The van der Waals surface area contributed by atoms with Gasteiger partial charge in [0.2, 0.25) is 0 Å². The Bertz CT molecular complexity index is 638. The number of nitrogens with one attached hydrogen (secondary N) is 1. The monoisotopic (exact) mass is 344 g/mol. The van der Waals surface area contributed by atoms with Gasteiger partial charge in [0, 0.05) is 17.3 Å². The summed E-state index contributed by atoms with van der Waals surface area (Å²) in [7, 11) is 0. The van der Waals surface area contributed by atoms with E-state index >= 15 is 0 Å². The van der Waals surface area contributed by atoms with Crippen LogP contribution in [0.5, 0.6) is 0 Å². The summed E-state index contributed by atoms with van der Waals surface area (Å²) >= 11 is 1.60. The fourth-order valence-corrected chi connectivity index (χ4v) is 3.06. The Morgan fingerprint density at radius 3 is 2.75 bits per heavy atom. The maximum Gasteiger partial charge on any atom is 0.187 e. The molecule has 0 saturated carbocycles. The first kappa shape index (κ1) is 19.9. The molecule has 0 saturated heterocycles. The molecular formula is C19H28N4S. The number of hydrogen-bond donors (Lipinski definition) is 1. The average Bonchev–Trinajstić information content (AvgIpc) is 3.18. The molecule has 4 nitrogen and oxygen atoms in total. The van der Waals surface area contributed by atoms with E-state index in [1.807, 2.05) is 58.9 Å². The molecule has 1 aromatic rings. The molecule has 1 aliphatic heterocycles. The summed E-state index contributed by atoms with van der Waals surface area (Å²) in [5.74, 6) is 1.03. The molecule has 1 atom stereocenters. The zero-order valence-electron chi connectivity index (χ0n) is 15.3. The molecular weight excluding hydrogens is 316 g/mol. The van der Waals surface area contributed by atoms with Gasteiger partial charge in [-0.1, -0.05) is 38.7 Å². The van der Waals surface area contributed by atoms with Gasteiger partial charge in [0.1, 0.15) is 5.84 Å². The van der Waals surface area contributed by atoms with Crippen molar-refractivity contribution in [3.8, 4) is 0 Å². The first-order valence-electron chi connectivity index (χ1n) is 8.29. The normalized spacial score (nSPS) is 17.9. The Morgan fingerprint density at radius 1 is 1.38 bits per heavy atom. The highest BCUT2D eigenvalue weighted by Gasteiger charge is 2.26. The Balaban J connectivity index is 0.00000139. The quantitative estimate of drug-likeness (QED) is 0.689. The molecule has 130 valence electrons. The lowest BCUT2D eigenvalue weighted by Gasteiger charge is -2.21. The van der Waals surface area contributed by atoms with E-state index in [1.165, 1.54) is 0 Å². The molecule has 1 aliphatic rings. The van der Waals surface area contributed by atoms with Crippen LogP contribution in [-0.4, -0.2) is 22.3 Å². The van der Waals surface area contributed by atoms with Crippen molar-refractivity contribution in [3.63, 3.8) is 0 Å². The number of nitrogens with zero attached hydrogens (tertiary/aromatic N) is 3. The number of aliphatic imine (C=N–C) groups is 1. The van der Waals surface area contributed by atoms with Crippen molar-refractivity contribution in [2.75, 3.05) is 11.9 Å². The lowest BCUT2D eigenvalue weighted by molar-refractivity contribution is 0.447. The van der Waals surface area contributed by atoms with E-state index < -0.39 is 0 Å². The fraction of sp³-hybridized carbons (Fsp3) is 0.368. The minimum absolute atomic E-state index is 0.191. The van der Waals surface area contributed by atoms with Crippen molar-refractivity contribution in [1.82, 2.24) is 9.88 Å². The molecule has 0 fully saturated rings. The highest BCUT2D eigenvalue weighted by atomic mass is 32.1. The van der Waals surface area contributed by atoms with Crippen LogP contribution in [0.15, 0.2) is 59.2 Å². The van der Waals surface area contributed by atoms with Gasteiger partial charge in [-0.3, -0.25) is 4.99 Å². The molecule has 0 aliphatic carbocycles. The number of amidine groups is 1. The van der Waals surface area contributed by atoms with E-state index in [4.69, 9.17) is 4.98 Å². The summed E-state index contributed by atoms with van der Waals surface area (Å²) in [6.45, 7) is 14.5. The summed E-state index contributed by atoms with van der Waals surface area (Å²) < 4.78 is 0. The Kier molecular flexibility index (Phi) is 8.79. The zero-order chi connectivity index (χ0) is 17.9. The minimum Gasteiger partial charge on any atom is -0.332 e. The highest BCUT2D eigenvalue weighted by molar-refractivity contribution is 7.13. The number of thiazole rings is 1. The van der Waals surface area contributed by atoms with Crippen LogP contribution in [-0.2, 0) is 0 Å². The van der Waals surface area contributed by atoms with Crippen LogP contribution >= 0.6 is 11.3 Å². The second-order valence-corrected chi connectivity index (χ2v) is 5.71. The first-order chi connectivity index (χ1) is 11.7. The van der Waals surface area contributed by atoms with E-state index in [0.717, 1.165) is 28.9 Å². The third-order valence-electron chi connectivity index (χ3n) is 3.27. The summed E-state index contributed by atoms with van der Waals surface area (Å²) in [5, 5.41) is 6.30. The molecule has 0 bridgehead atoms. The fourth-order valence-electron chi connectivity index (χ4n) is 2.29. The summed E-state index contributed by atoms with van der Waals surface area (Å²) in [5.41, 5.74) is 2.02. The molecule has 2 rings (SSSR count). The third kappa shape index (κ3) is 5.20. The van der Waals surface area contributed by atoms with E-state index in [1.54, 1.807) is 17.4 Å². The molecule has 0 aromatic carbocycles. The second kappa shape index (κ2) is 10.6. The van der Waals surface area contributed by atoms with Crippen molar-refractivity contribution in [2.24, 2.45) is 4.99 Å². The molecule has 1 unspecified atom stereocenters. The zero-order valence-corrected chi connectivity index (χ0v) is 16.1. The number of allylic oxidation sites excluding steroid dienone is 5. The predicted molar refractivity (Wildman–Crippen MR) is 108 cm³/mol. The maximum atomic E-state index is 4.71.